The van der Waals surface area contributed by atoms with Gasteiger partial charge in [-0.05, 0) is 24.9 Å². The smallest absolute Gasteiger partial charge is 0.332 e. The van der Waals surface area contributed by atoms with Crippen LogP contribution in [0, 0.1) is 0 Å². The van der Waals surface area contributed by atoms with Crippen LogP contribution in [0.25, 0.3) is 0 Å². The van der Waals surface area contributed by atoms with E-state index < -0.39 is 12.1 Å². The van der Waals surface area contributed by atoms with Gasteiger partial charge < -0.3 is 20.8 Å². The van der Waals surface area contributed by atoms with Gasteiger partial charge in [0.05, 0.1) is 0 Å². The molecule has 7 heteroatoms. The van der Waals surface area contributed by atoms with Gasteiger partial charge in [0.15, 0.2) is 6.10 Å². The largest absolute Gasteiger partial charge is 0.479 e. The zero-order chi connectivity index (χ0) is 14.0. The Morgan fingerprint density at radius 3 is 2.56 bits per heavy atom. The van der Waals surface area contributed by atoms with Gasteiger partial charge in [0, 0.05) is 19.0 Å². The fourth-order valence-corrected chi connectivity index (χ4v) is 2.01. The first-order chi connectivity index (χ1) is 8.47. The van der Waals surface area contributed by atoms with Crippen LogP contribution < -0.4 is 10.6 Å². The molecule has 0 aliphatic heterocycles. The molecule has 2 atom stereocenters. The van der Waals surface area contributed by atoms with Gasteiger partial charge in [0.1, 0.15) is 0 Å². The van der Waals surface area contributed by atoms with E-state index in [-0.39, 0.29) is 25.0 Å². The van der Waals surface area contributed by atoms with E-state index in [1.165, 1.54) is 0 Å². The fraction of sp³-hybridized carbons (Fsp3) is 0.818. The van der Waals surface area contributed by atoms with Crippen molar-refractivity contribution in [3.05, 3.63) is 0 Å². The third kappa shape index (κ3) is 9.12. The molecule has 0 spiro atoms. The SMILES string of the molecule is CCSCCC(C)NC(=O)NCC[C@H](O)C(=O)O. The van der Waals surface area contributed by atoms with E-state index in [2.05, 4.69) is 17.6 Å². The second kappa shape index (κ2) is 10.0. The number of carbonyl (C=O) groups excluding carboxylic acids is 1. The van der Waals surface area contributed by atoms with Gasteiger partial charge in [0.2, 0.25) is 0 Å². The van der Waals surface area contributed by atoms with Crippen molar-refractivity contribution >= 4 is 23.8 Å². The summed E-state index contributed by atoms with van der Waals surface area (Å²) in [6.45, 7) is 4.14. The molecular formula is C11H22N2O4S. The summed E-state index contributed by atoms with van der Waals surface area (Å²) < 4.78 is 0. The topological polar surface area (TPSA) is 98.7 Å². The van der Waals surface area contributed by atoms with E-state index in [9.17, 15) is 9.59 Å². The van der Waals surface area contributed by atoms with E-state index >= 15 is 0 Å². The van der Waals surface area contributed by atoms with Crippen molar-refractivity contribution in [2.75, 3.05) is 18.1 Å². The van der Waals surface area contributed by atoms with Gasteiger partial charge in [-0.3, -0.25) is 0 Å². The first kappa shape index (κ1) is 17.1. The molecule has 4 N–H and O–H groups in total. The predicted molar refractivity (Wildman–Crippen MR) is 71.9 cm³/mol. The number of carboxylic acid groups (broad SMARTS) is 1. The predicted octanol–water partition coefficient (Wildman–Crippen LogP) is 0.653. The van der Waals surface area contributed by atoms with E-state index in [0.29, 0.717) is 0 Å². The van der Waals surface area contributed by atoms with Crippen LogP contribution in [0.5, 0.6) is 0 Å². The van der Waals surface area contributed by atoms with Crippen LogP contribution in [0.1, 0.15) is 26.7 Å². The van der Waals surface area contributed by atoms with Crippen LogP contribution >= 0.6 is 11.8 Å². The monoisotopic (exact) mass is 278 g/mol. The zero-order valence-electron chi connectivity index (χ0n) is 10.8. The highest BCUT2D eigenvalue weighted by atomic mass is 32.2. The Labute approximate surface area is 112 Å². The summed E-state index contributed by atoms with van der Waals surface area (Å²) in [6, 6.07) is -0.255. The summed E-state index contributed by atoms with van der Waals surface area (Å²) in [5, 5.41) is 22.7. The Morgan fingerprint density at radius 2 is 2.00 bits per heavy atom. The Kier molecular flexibility index (Phi) is 9.49. The molecule has 2 amide bonds. The highest BCUT2D eigenvalue weighted by Gasteiger charge is 2.13. The minimum Gasteiger partial charge on any atom is -0.479 e. The lowest BCUT2D eigenvalue weighted by Crippen LogP contribution is -2.42. The lowest BCUT2D eigenvalue weighted by atomic mass is 10.2. The number of aliphatic hydroxyl groups excluding tert-OH is 1. The molecule has 0 fully saturated rings. The quantitative estimate of drug-likeness (QED) is 0.464. The number of nitrogens with one attached hydrogen (secondary N) is 2. The van der Waals surface area contributed by atoms with E-state index in [0.717, 1.165) is 17.9 Å². The Balaban J connectivity index is 3.61. The molecule has 0 saturated heterocycles. The highest BCUT2D eigenvalue weighted by molar-refractivity contribution is 7.99. The molecule has 6 nitrogen and oxygen atoms in total. The van der Waals surface area contributed by atoms with Crippen LogP contribution in [-0.4, -0.2) is 52.4 Å². The minimum absolute atomic E-state index is 0.00280. The number of urea groups is 1. The van der Waals surface area contributed by atoms with Crippen molar-refractivity contribution in [3.8, 4) is 0 Å². The number of carbonyl (C=O) groups is 2. The van der Waals surface area contributed by atoms with Gasteiger partial charge in [0.25, 0.3) is 0 Å². The normalized spacial score (nSPS) is 13.7. The molecule has 0 aromatic carbocycles. The number of aliphatic carboxylic acids is 1. The molecule has 0 rings (SSSR count). The number of aliphatic hydroxyl groups is 1. The number of hydrogen-bond donors (Lipinski definition) is 4. The lowest BCUT2D eigenvalue weighted by molar-refractivity contribution is -0.146. The average molecular weight is 278 g/mol. The van der Waals surface area contributed by atoms with Crippen LogP contribution in [-0.2, 0) is 4.79 Å². The van der Waals surface area contributed by atoms with Crippen LogP contribution in [0.4, 0.5) is 4.79 Å². The molecule has 0 saturated carbocycles. The average Bonchev–Trinajstić information content (AvgIpc) is 2.28. The van der Waals surface area contributed by atoms with Crippen molar-refractivity contribution in [2.45, 2.75) is 38.8 Å². The summed E-state index contributed by atoms with van der Waals surface area (Å²) in [6.07, 6.45) is -0.532. The van der Waals surface area contributed by atoms with Gasteiger partial charge in [-0.15, -0.1) is 0 Å². The second-order valence-electron chi connectivity index (χ2n) is 3.93. The molecule has 1 unspecified atom stereocenters. The Hall–Kier alpha value is -0.950. The molecule has 0 bridgehead atoms. The van der Waals surface area contributed by atoms with Gasteiger partial charge in [-0.1, -0.05) is 6.92 Å². The summed E-state index contributed by atoms with van der Waals surface area (Å²) in [7, 11) is 0. The van der Waals surface area contributed by atoms with Gasteiger partial charge in [-0.25, -0.2) is 9.59 Å². The maximum absolute atomic E-state index is 11.4. The molecule has 0 aromatic heterocycles. The van der Waals surface area contributed by atoms with Gasteiger partial charge >= 0.3 is 12.0 Å². The number of amides is 2. The summed E-state index contributed by atoms with van der Waals surface area (Å²) in [5.74, 6) is 0.781. The number of rotatable bonds is 9. The van der Waals surface area contributed by atoms with E-state index in [1.54, 1.807) is 0 Å². The fourth-order valence-electron chi connectivity index (χ4n) is 1.20. The second-order valence-corrected chi connectivity index (χ2v) is 5.32. The molecule has 0 heterocycles. The molecule has 0 aliphatic rings. The first-order valence-electron chi connectivity index (χ1n) is 6.00. The maximum Gasteiger partial charge on any atom is 0.332 e. The van der Waals surface area contributed by atoms with Crippen LogP contribution in [0.2, 0.25) is 0 Å². The third-order valence-corrected chi connectivity index (χ3v) is 3.20. The molecule has 106 valence electrons. The lowest BCUT2D eigenvalue weighted by Gasteiger charge is -2.14. The number of thioether (sulfide) groups is 1. The highest BCUT2D eigenvalue weighted by Crippen LogP contribution is 2.03. The number of carboxylic acids is 1. The van der Waals surface area contributed by atoms with Crippen molar-refractivity contribution in [2.24, 2.45) is 0 Å². The summed E-state index contributed by atoms with van der Waals surface area (Å²) >= 11 is 1.82. The maximum atomic E-state index is 11.4. The molecule has 0 radical (unpaired) electrons. The van der Waals surface area contributed by atoms with Crippen molar-refractivity contribution < 1.29 is 19.8 Å². The first-order valence-corrected chi connectivity index (χ1v) is 7.15. The third-order valence-electron chi connectivity index (χ3n) is 2.27. The van der Waals surface area contributed by atoms with Crippen molar-refractivity contribution in [3.63, 3.8) is 0 Å². The van der Waals surface area contributed by atoms with E-state index in [1.807, 2.05) is 18.7 Å². The summed E-state index contributed by atoms with van der Waals surface area (Å²) in [5.41, 5.74) is 0. The molecular weight excluding hydrogens is 256 g/mol. The van der Waals surface area contributed by atoms with Crippen molar-refractivity contribution in [1.29, 1.82) is 0 Å². The minimum atomic E-state index is -1.43. The standard InChI is InChI=1S/C11H22N2O4S/c1-3-18-7-5-8(2)13-11(17)12-6-4-9(14)10(15)16/h8-9,14H,3-7H2,1-2H3,(H,15,16)(H2,12,13,17)/t8?,9-/m0/s1. The molecule has 0 aromatic rings. The Morgan fingerprint density at radius 1 is 1.33 bits per heavy atom. The molecule has 0 aliphatic carbocycles. The van der Waals surface area contributed by atoms with Crippen LogP contribution in [0.3, 0.4) is 0 Å². The van der Waals surface area contributed by atoms with Crippen LogP contribution in [0.15, 0.2) is 0 Å². The van der Waals surface area contributed by atoms with E-state index in [4.69, 9.17) is 10.2 Å². The molecule has 18 heavy (non-hydrogen) atoms. The zero-order valence-corrected chi connectivity index (χ0v) is 11.6. The van der Waals surface area contributed by atoms with Gasteiger partial charge in [-0.2, -0.15) is 11.8 Å². The summed E-state index contributed by atoms with van der Waals surface area (Å²) in [4.78, 5) is 21.7. The Bertz CT molecular complexity index is 263. The number of hydrogen-bond acceptors (Lipinski definition) is 4. The van der Waals surface area contributed by atoms with Crippen molar-refractivity contribution in [1.82, 2.24) is 10.6 Å².